The maximum atomic E-state index is 11.3. The molecular formula is C18H20N10O2. The predicted molar refractivity (Wildman–Crippen MR) is 111 cm³/mol. The molecule has 0 fully saturated rings. The normalized spacial score (nSPS) is 15.5. The third-order valence-electron chi connectivity index (χ3n) is 4.72. The number of aromatic nitrogens is 4. The minimum absolute atomic E-state index is 0.267. The average Bonchev–Trinajstić information content (AvgIpc) is 3.19. The number of fused-ring (bicyclic) bond motifs is 2. The summed E-state index contributed by atoms with van der Waals surface area (Å²) in [4.78, 5) is 37.2. The van der Waals surface area contributed by atoms with Crippen molar-refractivity contribution in [3.8, 4) is 0 Å². The summed E-state index contributed by atoms with van der Waals surface area (Å²) < 4.78 is 1.71. The number of primary amides is 2. The molecule has 4 rings (SSSR count). The van der Waals surface area contributed by atoms with Crippen molar-refractivity contribution in [2.45, 2.75) is 12.8 Å². The Hall–Kier alpha value is -4.19. The highest BCUT2D eigenvalue weighted by Crippen LogP contribution is 2.31. The first kappa shape index (κ1) is 19.1. The van der Waals surface area contributed by atoms with Gasteiger partial charge in [-0.3, -0.25) is 19.9 Å². The molecule has 0 aromatic carbocycles. The number of carbonyl (C=O) groups is 2. The Morgan fingerprint density at radius 2 is 1.73 bits per heavy atom. The van der Waals surface area contributed by atoms with E-state index in [4.69, 9.17) is 22.9 Å². The average molecular weight is 408 g/mol. The summed E-state index contributed by atoms with van der Waals surface area (Å²) in [6.07, 6.45) is 6.12. The van der Waals surface area contributed by atoms with E-state index in [1.54, 1.807) is 16.7 Å². The van der Waals surface area contributed by atoms with E-state index in [-0.39, 0.29) is 11.5 Å². The molecule has 0 radical (unpaired) electrons. The van der Waals surface area contributed by atoms with Crippen LogP contribution >= 0.6 is 0 Å². The van der Waals surface area contributed by atoms with Crippen LogP contribution in [0.2, 0.25) is 0 Å². The van der Waals surface area contributed by atoms with Crippen molar-refractivity contribution in [3.63, 3.8) is 0 Å². The van der Waals surface area contributed by atoms with Crippen LogP contribution in [0.3, 0.4) is 0 Å². The molecule has 1 atom stereocenters. The number of nitrogens with one attached hydrogen (secondary N) is 1. The molecule has 0 saturated heterocycles. The van der Waals surface area contributed by atoms with Crippen LogP contribution in [0.1, 0.15) is 20.7 Å². The van der Waals surface area contributed by atoms with E-state index in [0.29, 0.717) is 41.3 Å². The molecule has 9 N–H and O–H groups in total. The standard InChI is InChI=1S/C18H20N10O2/c19-13(29)9-5-11-15(23-7-9)27(17(21)25-11)3-1-2-4-28-16-12(26-18(28)22)6-10(8-24-16)14(20)30/h1-2,5-8,17,25H,3-4,21H2,(H2,19,29)(H2,20,30)(H2,22,26)/b2-1+. The maximum absolute atomic E-state index is 11.3. The molecule has 0 saturated carbocycles. The van der Waals surface area contributed by atoms with Gasteiger partial charge in [-0.15, -0.1) is 0 Å². The van der Waals surface area contributed by atoms with E-state index in [9.17, 15) is 9.59 Å². The van der Waals surface area contributed by atoms with Crippen molar-refractivity contribution in [1.82, 2.24) is 19.5 Å². The van der Waals surface area contributed by atoms with Gasteiger partial charge in [0.1, 0.15) is 5.52 Å². The number of nitrogens with zero attached hydrogens (tertiary/aromatic N) is 5. The van der Waals surface area contributed by atoms with E-state index in [0.717, 1.165) is 0 Å². The van der Waals surface area contributed by atoms with Crippen molar-refractivity contribution in [3.05, 3.63) is 47.8 Å². The molecule has 2 amide bonds. The molecular weight excluding hydrogens is 388 g/mol. The van der Waals surface area contributed by atoms with Gasteiger partial charge in [0, 0.05) is 25.5 Å². The lowest BCUT2D eigenvalue weighted by Gasteiger charge is -2.20. The Morgan fingerprint density at radius 1 is 1.07 bits per heavy atom. The SMILES string of the molecule is NC(=O)c1cnc2c(c1)NC(N)N2C/C=C/Cn1c(N)nc2cc(C(N)=O)cnc21. The van der Waals surface area contributed by atoms with E-state index in [1.807, 2.05) is 17.1 Å². The van der Waals surface area contributed by atoms with Crippen LogP contribution in [0.4, 0.5) is 17.5 Å². The van der Waals surface area contributed by atoms with Crippen LogP contribution < -0.4 is 33.2 Å². The van der Waals surface area contributed by atoms with Gasteiger partial charge in [0.15, 0.2) is 17.8 Å². The quantitative estimate of drug-likeness (QED) is 0.328. The smallest absolute Gasteiger partial charge is 0.250 e. The Morgan fingerprint density at radius 3 is 2.47 bits per heavy atom. The van der Waals surface area contributed by atoms with Gasteiger partial charge in [-0.25, -0.2) is 15.0 Å². The second-order valence-electron chi connectivity index (χ2n) is 6.68. The highest BCUT2D eigenvalue weighted by atomic mass is 16.1. The first-order valence-corrected chi connectivity index (χ1v) is 9.00. The van der Waals surface area contributed by atoms with Crippen molar-refractivity contribution in [2.75, 3.05) is 22.5 Å². The number of imidazole rings is 1. The van der Waals surface area contributed by atoms with Crippen LogP contribution in [-0.4, -0.2) is 44.2 Å². The van der Waals surface area contributed by atoms with Gasteiger partial charge in [-0.05, 0) is 12.1 Å². The van der Waals surface area contributed by atoms with E-state index < -0.39 is 18.1 Å². The van der Waals surface area contributed by atoms with Crippen molar-refractivity contribution in [2.24, 2.45) is 17.2 Å². The monoisotopic (exact) mass is 408 g/mol. The number of nitrogen functional groups attached to an aromatic ring is 1. The molecule has 0 spiro atoms. The second-order valence-corrected chi connectivity index (χ2v) is 6.68. The molecule has 4 heterocycles. The topological polar surface area (TPSA) is 197 Å². The lowest BCUT2D eigenvalue weighted by molar-refractivity contribution is 0.0991. The summed E-state index contributed by atoms with van der Waals surface area (Å²) in [6, 6.07) is 3.18. The number of carbonyl (C=O) groups excluding carboxylic acids is 2. The second kappa shape index (κ2) is 7.33. The maximum Gasteiger partial charge on any atom is 0.250 e. The van der Waals surface area contributed by atoms with Crippen LogP contribution in [-0.2, 0) is 6.54 Å². The van der Waals surface area contributed by atoms with Gasteiger partial charge < -0.3 is 27.4 Å². The summed E-state index contributed by atoms with van der Waals surface area (Å²) in [5.41, 5.74) is 24.9. The molecule has 30 heavy (non-hydrogen) atoms. The number of amides is 2. The molecule has 0 bridgehead atoms. The third kappa shape index (κ3) is 3.35. The first-order valence-electron chi connectivity index (χ1n) is 9.00. The molecule has 12 heteroatoms. The summed E-state index contributed by atoms with van der Waals surface area (Å²) in [5, 5.41) is 3.06. The van der Waals surface area contributed by atoms with Gasteiger partial charge in [-0.1, -0.05) is 12.2 Å². The molecule has 1 aliphatic rings. The molecule has 3 aromatic rings. The van der Waals surface area contributed by atoms with Gasteiger partial charge in [0.25, 0.3) is 0 Å². The largest absolute Gasteiger partial charge is 0.369 e. The Kier molecular flexibility index (Phi) is 4.68. The fraction of sp³-hybridized carbons (Fsp3) is 0.167. The van der Waals surface area contributed by atoms with Crippen LogP contribution in [0.5, 0.6) is 0 Å². The zero-order valence-electron chi connectivity index (χ0n) is 15.8. The number of hydrogen-bond donors (Lipinski definition) is 5. The highest BCUT2D eigenvalue weighted by molar-refractivity contribution is 5.95. The van der Waals surface area contributed by atoms with Crippen LogP contribution in [0.25, 0.3) is 11.2 Å². The number of nitrogens with two attached hydrogens (primary N) is 4. The van der Waals surface area contributed by atoms with Gasteiger partial charge in [0.2, 0.25) is 17.8 Å². The molecule has 0 aliphatic carbocycles. The zero-order chi connectivity index (χ0) is 21.4. The number of anilines is 3. The Bertz CT molecular complexity index is 1190. The van der Waals surface area contributed by atoms with E-state index in [2.05, 4.69) is 20.3 Å². The summed E-state index contributed by atoms with van der Waals surface area (Å²) in [7, 11) is 0. The zero-order valence-corrected chi connectivity index (χ0v) is 15.8. The lowest BCUT2D eigenvalue weighted by Crippen LogP contribution is -2.43. The molecule has 12 nitrogen and oxygen atoms in total. The number of allylic oxidation sites excluding steroid dienone is 1. The summed E-state index contributed by atoms with van der Waals surface area (Å²) >= 11 is 0. The molecule has 154 valence electrons. The minimum atomic E-state index is -0.579. The fourth-order valence-corrected chi connectivity index (χ4v) is 3.21. The van der Waals surface area contributed by atoms with Crippen LogP contribution in [0.15, 0.2) is 36.7 Å². The predicted octanol–water partition coefficient (Wildman–Crippen LogP) is -0.663. The first-order chi connectivity index (χ1) is 14.3. The molecule has 1 unspecified atom stereocenters. The third-order valence-corrected chi connectivity index (χ3v) is 4.72. The Balaban J connectivity index is 1.48. The van der Waals surface area contributed by atoms with Crippen molar-refractivity contribution in [1.29, 1.82) is 0 Å². The molecule has 1 aliphatic heterocycles. The van der Waals surface area contributed by atoms with Gasteiger partial charge >= 0.3 is 0 Å². The fourth-order valence-electron chi connectivity index (χ4n) is 3.21. The summed E-state index contributed by atoms with van der Waals surface area (Å²) in [6.45, 7) is 0.887. The number of rotatable bonds is 6. The summed E-state index contributed by atoms with van der Waals surface area (Å²) in [5.74, 6) is -0.231. The van der Waals surface area contributed by atoms with Crippen LogP contribution in [0, 0.1) is 0 Å². The Labute approximate surface area is 170 Å². The molecule has 3 aromatic heterocycles. The number of pyridine rings is 2. The minimum Gasteiger partial charge on any atom is -0.369 e. The lowest BCUT2D eigenvalue weighted by atomic mass is 10.2. The van der Waals surface area contributed by atoms with E-state index >= 15 is 0 Å². The van der Waals surface area contributed by atoms with Gasteiger partial charge in [0.05, 0.1) is 16.8 Å². The van der Waals surface area contributed by atoms with Gasteiger partial charge in [-0.2, -0.15) is 0 Å². The number of hydrogen-bond acceptors (Lipinski definition) is 9. The van der Waals surface area contributed by atoms with Crippen molar-refractivity contribution >= 4 is 40.4 Å². The van der Waals surface area contributed by atoms with Crippen molar-refractivity contribution < 1.29 is 9.59 Å². The van der Waals surface area contributed by atoms with E-state index in [1.165, 1.54) is 12.4 Å². The highest BCUT2D eigenvalue weighted by Gasteiger charge is 2.27.